The first-order valence-corrected chi connectivity index (χ1v) is 9.34. The summed E-state index contributed by atoms with van der Waals surface area (Å²) < 4.78 is 5.11. The number of carbonyl (C=O) groups is 1. The van der Waals surface area contributed by atoms with Gasteiger partial charge in [0.2, 0.25) is 0 Å². The summed E-state index contributed by atoms with van der Waals surface area (Å²) in [5, 5.41) is 5.03. The molecule has 3 aromatic rings. The van der Waals surface area contributed by atoms with Gasteiger partial charge in [0.25, 0.3) is 5.91 Å². The van der Waals surface area contributed by atoms with Gasteiger partial charge in [-0.1, -0.05) is 35.3 Å². The summed E-state index contributed by atoms with van der Waals surface area (Å²) in [7, 11) is 0. The average Bonchev–Trinajstić information content (AvgIpc) is 2.98. The molecule has 0 aliphatic carbocycles. The number of aliphatic imine (C=N–C) groups is 1. The molecule has 1 N–H and O–H groups in total. The number of anilines is 1. The third-order valence-corrected chi connectivity index (χ3v) is 5.29. The topological polar surface area (TPSA) is 71.7 Å². The molecule has 0 fully saturated rings. The van der Waals surface area contributed by atoms with Crippen LogP contribution in [0.3, 0.4) is 0 Å². The molecule has 0 saturated heterocycles. The van der Waals surface area contributed by atoms with E-state index in [2.05, 4.69) is 10.3 Å². The number of para-hydroxylation sites is 1. The van der Waals surface area contributed by atoms with Gasteiger partial charge in [-0.3, -0.25) is 4.79 Å². The van der Waals surface area contributed by atoms with Gasteiger partial charge in [0.15, 0.2) is 5.17 Å². The Balaban J connectivity index is 1.58. The van der Waals surface area contributed by atoms with Crippen molar-refractivity contribution in [2.24, 2.45) is 4.99 Å². The molecule has 0 spiro atoms. The van der Waals surface area contributed by atoms with E-state index in [4.69, 9.17) is 27.6 Å². The largest absolute Gasteiger partial charge is 0.423 e. The first-order valence-electron chi connectivity index (χ1n) is 7.77. The molecule has 2 heterocycles. The van der Waals surface area contributed by atoms with E-state index in [1.807, 2.05) is 6.07 Å². The molecule has 0 unspecified atom stereocenters. The van der Waals surface area contributed by atoms with Crippen LogP contribution in [0, 0.1) is 0 Å². The van der Waals surface area contributed by atoms with E-state index in [-0.39, 0.29) is 5.91 Å². The van der Waals surface area contributed by atoms with Crippen molar-refractivity contribution in [1.82, 2.24) is 0 Å². The number of amides is 1. The van der Waals surface area contributed by atoms with Crippen LogP contribution in [0.4, 0.5) is 5.69 Å². The predicted octanol–water partition coefficient (Wildman–Crippen LogP) is 5.18. The van der Waals surface area contributed by atoms with Gasteiger partial charge in [-0.25, -0.2) is 4.79 Å². The Kier molecular flexibility index (Phi) is 4.78. The van der Waals surface area contributed by atoms with Crippen molar-refractivity contribution in [1.29, 1.82) is 0 Å². The van der Waals surface area contributed by atoms with Crippen molar-refractivity contribution in [2.75, 3.05) is 5.32 Å². The fourth-order valence-corrected chi connectivity index (χ4v) is 3.83. The lowest BCUT2D eigenvalue weighted by Gasteiger charge is -2.08. The summed E-state index contributed by atoms with van der Waals surface area (Å²) in [5.74, 6) is -0.356. The maximum absolute atomic E-state index is 12.2. The van der Waals surface area contributed by atoms with Crippen LogP contribution in [0.5, 0.6) is 0 Å². The number of fused-ring (bicyclic) bond motifs is 1. The smallest absolute Gasteiger partial charge is 0.336 e. The van der Waals surface area contributed by atoms with E-state index in [0.717, 1.165) is 10.9 Å². The summed E-state index contributed by atoms with van der Waals surface area (Å²) in [6, 6.07) is 13.4. The lowest BCUT2D eigenvalue weighted by molar-refractivity contribution is -0.113. The molecule has 1 aliphatic heterocycles. The van der Waals surface area contributed by atoms with Crippen LogP contribution in [0.1, 0.15) is 5.56 Å². The normalized spacial score (nSPS) is 15.4. The molecule has 134 valence electrons. The maximum atomic E-state index is 12.2. The van der Waals surface area contributed by atoms with Gasteiger partial charge < -0.3 is 9.73 Å². The fourth-order valence-electron chi connectivity index (χ4n) is 2.52. The number of amidine groups is 1. The van der Waals surface area contributed by atoms with Crippen LogP contribution >= 0.6 is 35.0 Å². The first kappa shape index (κ1) is 17.9. The molecule has 5 nitrogen and oxygen atoms in total. The predicted molar refractivity (Wildman–Crippen MR) is 111 cm³/mol. The standard InChI is InChI=1S/C19H10Cl2N2O3S/c20-12-2-1-3-13(21)17(12)22-19-23-18(25)15(27-19)9-10-4-6-14-11(8-10)5-7-16(24)26-14/h1-9H,(H,22,23,25). The van der Waals surface area contributed by atoms with Gasteiger partial charge in [0, 0.05) is 11.5 Å². The van der Waals surface area contributed by atoms with E-state index < -0.39 is 5.63 Å². The molecule has 1 aromatic heterocycles. The second-order valence-corrected chi connectivity index (χ2v) is 7.45. The molecular formula is C19H10Cl2N2O3S. The van der Waals surface area contributed by atoms with Gasteiger partial charge in [0.05, 0.1) is 20.6 Å². The number of thioether (sulfide) groups is 1. The summed E-state index contributed by atoms with van der Waals surface area (Å²) in [4.78, 5) is 27.9. The monoisotopic (exact) mass is 416 g/mol. The summed E-state index contributed by atoms with van der Waals surface area (Å²) in [6.07, 6.45) is 1.73. The van der Waals surface area contributed by atoms with Crippen LogP contribution in [-0.4, -0.2) is 11.1 Å². The van der Waals surface area contributed by atoms with Gasteiger partial charge in [-0.05, 0) is 53.7 Å². The summed E-state index contributed by atoms with van der Waals surface area (Å²) >= 11 is 13.5. The third kappa shape index (κ3) is 3.78. The summed E-state index contributed by atoms with van der Waals surface area (Å²) in [6.45, 7) is 0. The zero-order valence-corrected chi connectivity index (χ0v) is 15.9. The van der Waals surface area contributed by atoms with Crippen LogP contribution in [0.25, 0.3) is 17.0 Å². The van der Waals surface area contributed by atoms with Gasteiger partial charge >= 0.3 is 5.63 Å². The number of nitrogens with one attached hydrogen (secondary N) is 1. The van der Waals surface area contributed by atoms with Gasteiger partial charge in [-0.2, -0.15) is 4.99 Å². The Morgan fingerprint density at radius 2 is 1.81 bits per heavy atom. The molecule has 8 heteroatoms. The molecule has 0 saturated carbocycles. The highest BCUT2D eigenvalue weighted by Gasteiger charge is 2.23. The fraction of sp³-hybridized carbons (Fsp3) is 0. The molecule has 2 aromatic carbocycles. The Hall–Kier alpha value is -2.54. The molecule has 4 rings (SSSR count). The number of carbonyl (C=O) groups excluding carboxylic acids is 1. The molecular weight excluding hydrogens is 407 g/mol. The van der Waals surface area contributed by atoms with Gasteiger partial charge in [0.1, 0.15) is 5.58 Å². The minimum Gasteiger partial charge on any atom is -0.423 e. The van der Waals surface area contributed by atoms with E-state index in [9.17, 15) is 9.59 Å². The van der Waals surface area contributed by atoms with Crippen LogP contribution in [0.2, 0.25) is 10.0 Å². The Labute approximate surface area is 167 Å². The number of hydrogen-bond donors (Lipinski definition) is 1. The zero-order chi connectivity index (χ0) is 19.0. The minimum atomic E-state index is -0.405. The van der Waals surface area contributed by atoms with Crippen LogP contribution in [0.15, 0.2) is 67.6 Å². The Bertz CT molecular complexity index is 1180. The van der Waals surface area contributed by atoms with Crippen molar-refractivity contribution >= 4 is 68.8 Å². The second-order valence-electron chi connectivity index (χ2n) is 5.61. The summed E-state index contributed by atoms with van der Waals surface area (Å²) in [5.41, 5.74) is 1.38. The van der Waals surface area contributed by atoms with E-state index in [0.29, 0.717) is 31.4 Å². The van der Waals surface area contributed by atoms with Crippen molar-refractivity contribution in [3.63, 3.8) is 0 Å². The number of rotatable bonds is 2. The van der Waals surface area contributed by atoms with Crippen LogP contribution in [-0.2, 0) is 4.79 Å². The molecule has 0 atom stereocenters. The van der Waals surface area contributed by atoms with Gasteiger partial charge in [-0.15, -0.1) is 0 Å². The average molecular weight is 417 g/mol. The SMILES string of the molecule is O=C1N=C(Nc2c(Cl)cccc2Cl)SC1=Cc1ccc2oc(=O)ccc2c1. The van der Waals surface area contributed by atoms with Crippen LogP contribution < -0.4 is 10.9 Å². The van der Waals surface area contributed by atoms with Crippen molar-refractivity contribution in [3.8, 4) is 0 Å². The second kappa shape index (κ2) is 7.23. The van der Waals surface area contributed by atoms with E-state index in [1.165, 1.54) is 17.8 Å². The van der Waals surface area contributed by atoms with E-state index in [1.54, 1.807) is 42.5 Å². The Morgan fingerprint density at radius 1 is 1.04 bits per heavy atom. The van der Waals surface area contributed by atoms with Crippen molar-refractivity contribution < 1.29 is 9.21 Å². The van der Waals surface area contributed by atoms with E-state index >= 15 is 0 Å². The number of nitrogens with zero attached hydrogens (tertiary/aromatic N) is 1. The number of benzene rings is 2. The third-order valence-electron chi connectivity index (χ3n) is 3.76. The van der Waals surface area contributed by atoms with Crippen molar-refractivity contribution in [2.45, 2.75) is 0 Å². The molecule has 1 aliphatic rings. The maximum Gasteiger partial charge on any atom is 0.336 e. The molecule has 27 heavy (non-hydrogen) atoms. The first-order chi connectivity index (χ1) is 13.0. The highest BCUT2D eigenvalue weighted by atomic mass is 35.5. The quantitative estimate of drug-likeness (QED) is 0.460. The lowest BCUT2D eigenvalue weighted by atomic mass is 10.1. The highest BCUT2D eigenvalue weighted by molar-refractivity contribution is 8.18. The number of hydrogen-bond acceptors (Lipinski definition) is 5. The minimum absolute atomic E-state index is 0.356. The lowest BCUT2D eigenvalue weighted by Crippen LogP contribution is -2.05. The molecule has 0 bridgehead atoms. The molecule has 0 radical (unpaired) electrons. The molecule has 1 amide bonds. The van der Waals surface area contributed by atoms with Crippen molar-refractivity contribution in [3.05, 3.63) is 79.5 Å². The Morgan fingerprint density at radius 3 is 2.59 bits per heavy atom. The zero-order valence-electron chi connectivity index (χ0n) is 13.5. The number of halogens is 2. The highest BCUT2D eigenvalue weighted by Crippen LogP contribution is 2.34.